The minimum Gasteiger partial charge on any atom is -0.361 e. The van der Waals surface area contributed by atoms with E-state index < -0.39 is 0 Å². The molecule has 1 amide bonds. The number of benzene rings is 1. The van der Waals surface area contributed by atoms with Crippen LogP contribution in [-0.4, -0.2) is 32.3 Å². The quantitative estimate of drug-likeness (QED) is 0.814. The summed E-state index contributed by atoms with van der Waals surface area (Å²) < 4.78 is 0. The fourth-order valence-electron chi connectivity index (χ4n) is 1.56. The van der Waals surface area contributed by atoms with Gasteiger partial charge >= 0.3 is 0 Å². The number of amides is 1. The number of hydrogen-bond donors (Lipinski definition) is 1. The largest absolute Gasteiger partial charge is 0.361 e. The van der Waals surface area contributed by atoms with Crippen LogP contribution in [0.15, 0.2) is 18.2 Å². The topological polar surface area (TPSA) is 49.4 Å². The molecule has 0 aliphatic carbocycles. The van der Waals surface area contributed by atoms with Crippen molar-refractivity contribution in [1.29, 1.82) is 0 Å². The van der Waals surface area contributed by atoms with Gasteiger partial charge in [0.1, 0.15) is 0 Å². The van der Waals surface area contributed by atoms with Crippen molar-refractivity contribution >= 4 is 29.5 Å². The molecule has 0 spiro atoms. The second-order valence-electron chi connectivity index (χ2n) is 3.48. The van der Waals surface area contributed by atoms with E-state index in [1.165, 1.54) is 0 Å². The molecule has 0 heterocycles. The molecule has 0 aromatic heterocycles. The zero-order chi connectivity index (χ0) is 12.8. The standard InChI is InChI=1S/C12H15ClN2O2/c1-3-15(7-11(17)14-2)12-9(8-16)5-4-6-10(12)13/h4-6,8H,3,7H2,1-2H3,(H,14,17). The fraction of sp³-hybridized carbons (Fsp3) is 0.333. The Labute approximate surface area is 106 Å². The van der Waals surface area contributed by atoms with Gasteiger partial charge in [0.05, 0.1) is 17.3 Å². The maximum atomic E-state index is 11.4. The molecule has 92 valence electrons. The summed E-state index contributed by atoms with van der Waals surface area (Å²) in [5, 5.41) is 3.02. The highest BCUT2D eigenvalue weighted by molar-refractivity contribution is 6.34. The lowest BCUT2D eigenvalue weighted by Crippen LogP contribution is -2.36. The lowest BCUT2D eigenvalue weighted by molar-refractivity contribution is -0.119. The first-order chi connectivity index (χ1) is 8.13. The number of para-hydroxylation sites is 1. The van der Waals surface area contributed by atoms with E-state index in [0.717, 1.165) is 6.29 Å². The summed E-state index contributed by atoms with van der Waals surface area (Å²) in [5.41, 5.74) is 1.10. The van der Waals surface area contributed by atoms with E-state index in [1.807, 2.05) is 6.92 Å². The van der Waals surface area contributed by atoms with Crippen molar-refractivity contribution in [2.45, 2.75) is 6.92 Å². The molecule has 0 saturated heterocycles. The molecule has 1 rings (SSSR count). The van der Waals surface area contributed by atoms with Crippen molar-refractivity contribution in [3.05, 3.63) is 28.8 Å². The Morgan fingerprint density at radius 2 is 2.24 bits per heavy atom. The van der Waals surface area contributed by atoms with Gasteiger partial charge in [0.25, 0.3) is 0 Å². The van der Waals surface area contributed by atoms with E-state index in [-0.39, 0.29) is 12.5 Å². The van der Waals surface area contributed by atoms with Crippen molar-refractivity contribution in [1.82, 2.24) is 5.32 Å². The fourth-order valence-corrected chi connectivity index (χ4v) is 1.86. The van der Waals surface area contributed by atoms with Gasteiger partial charge in [-0.3, -0.25) is 9.59 Å². The van der Waals surface area contributed by atoms with Crippen LogP contribution in [-0.2, 0) is 4.79 Å². The lowest BCUT2D eigenvalue weighted by Gasteiger charge is -2.24. The molecule has 1 aromatic carbocycles. The Bertz CT molecular complexity index is 421. The zero-order valence-corrected chi connectivity index (χ0v) is 10.6. The van der Waals surface area contributed by atoms with Crippen LogP contribution in [0.4, 0.5) is 5.69 Å². The smallest absolute Gasteiger partial charge is 0.239 e. The average Bonchev–Trinajstić information content (AvgIpc) is 2.35. The van der Waals surface area contributed by atoms with Crippen LogP contribution in [0, 0.1) is 0 Å². The normalized spacial score (nSPS) is 9.82. The van der Waals surface area contributed by atoms with Gasteiger partial charge in [0.2, 0.25) is 5.91 Å². The minimum atomic E-state index is -0.122. The van der Waals surface area contributed by atoms with Crippen molar-refractivity contribution < 1.29 is 9.59 Å². The highest BCUT2D eigenvalue weighted by atomic mass is 35.5. The van der Waals surface area contributed by atoms with Gasteiger partial charge in [-0.1, -0.05) is 17.7 Å². The maximum absolute atomic E-state index is 11.4. The molecule has 0 fully saturated rings. The first-order valence-corrected chi connectivity index (χ1v) is 5.71. The predicted molar refractivity (Wildman–Crippen MR) is 68.8 cm³/mol. The van der Waals surface area contributed by atoms with Gasteiger partial charge in [0.15, 0.2) is 6.29 Å². The Hall–Kier alpha value is -1.55. The van der Waals surface area contributed by atoms with Gasteiger partial charge in [0, 0.05) is 19.2 Å². The summed E-state index contributed by atoms with van der Waals surface area (Å²) in [6.07, 6.45) is 0.744. The molecule has 1 aromatic rings. The third kappa shape index (κ3) is 3.20. The summed E-state index contributed by atoms with van der Waals surface area (Å²) in [6, 6.07) is 5.10. The lowest BCUT2D eigenvalue weighted by atomic mass is 10.1. The molecule has 0 bridgehead atoms. The van der Waals surface area contributed by atoms with Crippen LogP contribution >= 0.6 is 11.6 Å². The third-order valence-electron chi connectivity index (χ3n) is 2.46. The average molecular weight is 255 g/mol. The molecule has 0 atom stereocenters. The van der Waals surface area contributed by atoms with Crippen LogP contribution < -0.4 is 10.2 Å². The Balaban J connectivity index is 3.10. The monoisotopic (exact) mass is 254 g/mol. The van der Waals surface area contributed by atoms with Crippen molar-refractivity contribution in [3.8, 4) is 0 Å². The first-order valence-electron chi connectivity index (χ1n) is 5.33. The number of hydrogen-bond acceptors (Lipinski definition) is 3. The Morgan fingerprint density at radius 1 is 1.53 bits per heavy atom. The van der Waals surface area contributed by atoms with Gasteiger partial charge in [-0.25, -0.2) is 0 Å². The third-order valence-corrected chi connectivity index (χ3v) is 2.76. The first kappa shape index (κ1) is 13.5. The number of halogens is 1. The van der Waals surface area contributed by atoms with Gasteiger partial charge in [-0.2, -0.15) is 0 Å². The summed E-state index contributed by atoms with van der Waals surface area (Å²) in [5.74, 6) is -0.122. The summed E-state index contributed by atoms with van der Waals surface area (Å²) in [6.45, 7) is 2.68. The summed E-state index contributed by atoms with van der Waals surface area (Å²) in [7, 11) is 1.57. The number of aldehydes is 1. The van der Waals surface area contributed by atoms with Crippen LogP contribution in [0.5, 0.6) is 0 Å². The van der Waals surface area contributed by atoms with Crippen molar-refractivity contribution in [3.63, 3.8) is 0 Å². The number of carbonyl (C=O) groups is 2. The molecule has 5 heteroatoms. The number of carbonyl (C=O) groups excluding carboxylic acids is 2. The molecule has 17 heavy (non-hydrogen) atoms. The highest BCUT2D eigenvalue weighted by Gasteiger charge is 2.15. The van der Waals surface area contributed by atoms with Crippen LogP contribution in [0.25, 0.3) is 0 Å². The molecule has 0 aliphatic heterocycles. The van der Waals surface area contributed by atoms with E-state index in [1.54, 1.807) is 30.1 Å². The molecular formula is C12H15ClN2O2. The van der Waals surface area contributed by atoms with E-state index in [2.05, 4.69) is 5.32 Å². The van der Waals surface area contributed by atoms with Crippen molar-refractivity contribution in [2.75, 3.05) is 25.0 Å². The number of anilines is 1. The highest BCUT2D eigenvalue weighted by Crippen LogP contribution is 2.28. The molecule has 1 N–H and O–H groups in total. The predicted octanol–water partition coefficient (Wildman–Crippen LogP) is 1.72. The Kier molecular flexibility index (Phi) is 4.97. The van der Waals surface area contributed by atoms with E-state index in [9.17, 15) is 9.59 Å². The Morgan fingerprint density at radius 3 is 2.76 bits per heavy atom. The van der Waals surface area contributed by atoms with E-state index in [0.29, 0.717) is 22.8 Å². The molecule has 0 unspecified atom stereocenters. The molecule has 4 nitrogen and oxygen atoms in total. The number of nitrogens with zero attached hydrogens (tertiary/aromatic N) is 1. The van der Waals surface area contributed by atoms with E-state index >= 15 is 0 Å². The number of rotatable bonds is 5. The molecule has 0 radical (unpaired) electrons. The number of nitrogens with one attached hydrogen (secondary N) is 1. The minimum absolute atomic E-state index is 0.122. The SMILES string of the molecule is CCN(CC(=O)NC)c1c(Cl)cccc1C=O. The summed E-state index contributed by atoms with van der Waals surface area (Å²) in [4.78, 5) is 24.1. The van der Waals surface area contributed by atoms with Crippen molar-refractivity contribution in [2.24, 2.45) is 0 Å². The molecule has 0 aliphatic rings. The molecule has 0 saturated carbocycles. The van der Waals surface area contributed by atoms with Crippen LogP contribution in [0.1, 0.15) is 17.3 Å². The van der Waals surface area contributed by atoms with E-state index in [4.69, 9.17) is 11.6 Å². The number of likely N-dealkylation sites (N-methyl/N-ethyl adjacent to an activating group) is 2. The van der Waals surface area contributed by atoms with Gasteiger partial charge in [-0.15, -0.1) is 0 Å². The zero-order valence-electron chi connectivity index (χ0n) is 9.87. The molecular weight excluding hydrogens is 240 g/mol. The second-order valence-corrected chi connectivity index (χ2v) is 3.89. The maximum Gasteiger partial charge on any atom is 0.239 e. The summed E-state index contributed by atoms with van der Waals surface area (Å²) >= 11 is 6.08. The second kappa shape index (κ2) is 6.25. The van der Waals surface area contributed by atoms with Gasteiger partial charge in [-0.05, 0) is 19.1 Å². The van der Waals surface area contributed by atoms with Gasteiger partial charge < -0.3 is 10.2 Å². The van der Waals surface area contributed by atoms with Crippen LogP contribution in [0.3, 0.4) is 0 Å². The van der Waals surface area contributed by atoms with Crippen LogP contribution in [0.2, 0.25) is 5.02 Å².